The largest absolute Gasteiger partial charge is 0.444 e. The molecule has 1 heterocycles. The Morgan fingerprint density at radius 2 is 1.78 bits per heavy atom. The minimum Gasteiger partial charge on any atom is -0.444 e. The molecule has 1 aliphatic heterocycles. The van der Waals surface area contributed by atoms with E-state index in [4.69, 9.17) is 4.74 Å². The van der Waals surface area contributed by atoms with Gasteiger partial charge in [0, 0.05) is 13.1 Å². The number of nitrogens with zero attached hydrogens (tertiary/aromatic N) is 1. The van der Waals surface area contributed by atoms with E-state index in [-0.39, 0.29) is 6.09 Å². The van der Waals surface area contributed by atoms with Crippen LogP contribution in [0.3, 0.4) is 0 Å². The Balaban J connectivity index is 1.73. The number of carbonyl (C=O) groups is 1. The molecule has 2 rings (SSSR count). The highest BCUT2D eigenvalue weighted by molar-refractivity contribution is 5.68. The standard InChI is InChI=1S/C19H36N2O2/c1-18(2,3)23-17(22)21-14-11-19(12-15-21)9-7-16(8-10-19)6-5-13-20-4/h16,20H,5-15H2,1-4H3. The maximum Gasteiger partial charge on any atom is 0.410 e. The SMILES string of the molecule is CNCCCC1CCC2(CC1)CCN(C(=O)OC(C)(C)C)CC2. The molecule has 0 unspecified atom stereocenters. The second kappa shape index (κ2) is 7.87. The van der Waals surface area contributed by atoms with E-state index in [1.165, 1.54) is 38.5 Å². The zero-order valence-electron chi connectivity index (χ0n) is 15.6. The molecular weight excluding hydrogens is 288 g/mol. The van der Waals surface area contributed by atoms with Gasteiger partial charge in [-0.25, -0.2) is 4.79 Å². The molecule has 0 aromatic rings. The Morgan fingerprint density at radius 1 is 1.17 bits per heavy atom. The lowest BCUT2D eigenvalue weighted by atomic mass is 9.65. The van der Waals surface area contributed by atoms with Crippen LogP contribution in [-0.2, 0) is 4.74 Å². The van der Waals surface area contributed by atoms with Crippen LogP contribution in [0.4, 0.5) is 4.79 Å². The molecule has 2 fully saturated rings. The summed E-state index contributed by atoms with van der Waals surface area (Å²) in [5.74, 6) is 0.929. The third-order valence-electron chi connectivity index (χ3n) is 5.68. The smallest absolute Gasteiger partial charge is 0.410 e. The van der Waals surface area contributed by atoms with Crippen LogP contribution in [-0.4, -0.2) is 43.3 Å². The fraction of sp³-hybridized carbons (Fsp3) is 0.947. The molecule has 1 saturated heterocycles. The van der Waals surface area contributed by atoms with E-state index in [9.17, 15) is 4.79 Å². The van der Waals surface area contributed by atoms with Crippen molar-refractivity contribution >= 4 is 6.09 Å². The number of hydrogen-bond donors (Lipinski definition) is 1. The zero-order chi connectivity index (χ0) is 16.9. The highest BCUT2D eigenvalue weighted by Crippen LogP contribution is 2.47. The first-order valence-electron chi connectivity index (χ1n) is 9.46. The molecular formula is C19H36N2O2. The molecule has 2 aliphatic rings. The van der Waals surface area contributed by atoms with Gasteiger partial charge in [0.1, 0.15) is 5.60 Å². The molecule has 0 atom stereocenters. The third-order valence-corrected chi connectivity index (χ3v) is 5.68. The fourth-order valence-corrected chi connectivity index (χ4v) is 4.14. The molecule has 0 aromatic carbocycles. The van der Waals surface area contributed by atoms with Gasteiger partial charge in [-0.2, -0.15) is 0 Å². The van der Waals surface area contributed by atoms with E-state index in [0.717, 1.165) is 38.4 Å². The molecule has 1 spiro atoms. The summed E-state index contributed by atoms with van der Waals surface area (Å²) in [5.41, 5.74) is 0.121. The summed E-state index contributed by atoms with van der Waals surface area (Å²) in [6.07, 6.45) is 10.4. The predicted octanol–water partition coefficient (Wildman–Crippen LogP) is 4.19. The lowest BCUT2D eigenvalue weighted by Gasteiger charge is -2.46. The molecule has 1 N–H and O–H groups in total. The van der Waals surface area contributed by atoms with Gasteiger partial charge in [0.25, 0.3) is 0 Å². The average molecular weight is 325 g/mol. The van der Waals surface area contributed by atoms with Crippen molar-refractivity contribution < 1.29 is 9.53 Å². The van der Waals surface area contributed by atoms with E-state index in [0.29, 0.717) is 5.41 Å². The molecule has 0 radical (unpaired) electrons. The molecule has 4 heteroatoms. The Labute approximate surface area is 142 Å². The van der Waals surface area contributed by atoms with E-state index in [1.54, 1.807) is 0 Å². The summed E-state index contributed by atoms with van der Waals surface area (Å²) in [7, 11) is 2.04. The monoisotopic (exact) mass is 324 g/mol. The molecule has 1 saturated carbocycles. The van der Waals surface area contributed by atoms with Crippen LogP contribution in [0.1, 0.15) is 72.1 Å². The number of nitrogens with one attached hydrogen (secondary N) is 1. The van der Waals surface area contributed by atoms with Gasteiger partial charge in [0.05, 0.1) is 0 Å². The number of hydrogen-bond acceptors (Lipinski definition) is 3. The van der Waals surface area contributed by atoms with E-state index < -0.39 is 5.60 Å². The summed E-state index contributed by atoms with van der Waals surface area (Å²) < 4.78 is 5.51. The summed E-state index contributed by atoms with van der Waals surface area (Å²) in [4.78, 5) is 14.1. The normalized spacial score (nSPS) is 22.3. The maximum atomic E-state index is 12.2. The Kier molecular flexibility index (Phi) is 6.35. The molecule has 23 heavy (non-hydrogen) atoms. The highest BCUT2D eigenvalue weighted by Gasteiger charge is 2.39. The van der Waals surface area contributed by atoms with Crippen molar-refractivity contribution in [3.63, 3.8) is 0 Å². The fourth-order valence-electron chi connectivity index (χ4n) is 4.14. The topological polar surface area (TPSA) is 41.6 Å². The second-order valence-electron chi connectivity index (χ2n) is 8.66. The number of piperidine rings is 1. The Bertz CT molecular complexity index is 371. The van der Waals surface area contributed by atoms with Crippen molar-refractivity contribution in [3.05, 3.63) is 0 Å². The lowest BCUT2D eigenvalue weighted by Crippen LogP contribution is -2.46. The molecule has 0 bridgehead atoms. The van der Waals surface area contributed by atoms with Crippen molar-refractivity contribution in [2.75, 3.05) is 26.7 Å². The van der Waals surface area contributed by atoms with Crippen molar-refractivity contribution in [1.29, 1.82) is 0 Å². The van der Waals surface area contributed by atoms with Crippen LogP contribution in [0.25, 0.3) is 0 Å². The summed E-state index contributed by atoms with van der Waals surface area (Å²) in [6, 6.07) is 0. The average Bonchev–Trinajstić information content (AvgIpc) is 2.49. The van der Waals surface area contributed by atoms with Crippen molar-refractivity contribution in [2.45, 2.75) is 77.7 Å². The van der Waals surface area contributed by atoms with Gasteiger partial charge in [-0.1, -0.05) is 0 Å². The molecule has 0 aromatic heterocycles. The third kappa shape index (κ3) is 5.66. The van der Waals surface area contributed by atoms with Crippen LogP contribution in [0.5, 0.6) is 0 Å². The van der Waals surface area contributed by atoms with E-state index in [1.807, 2.05) is 32.7 Å². The van der Waals surface area contributed by atoms with Crippen molar-refractivity contribution in [1.82, 2.24) is 10.2 Å². The zero-order valence-corrected chi connectivity index (χ0v) is 15.6. The Hall–Kier alpha value is -0.770. The van der Waals surface area contributed by atoms with Gasteiger partial charge in [-0.05, 0) is 97.1 Å². The van der Waals surface area contributed by atoms with Crippen LogP contribution < -0.4 is 5.32 Å². The first-order valence-corrected chi connectivity index (χ1v) is 9.46. The Morgan fingerprint density at radius 3 is 2.30 bits per heavy atom. The van der Waals surface area contributed by atoms with Crippen LogP contribution >= 0.6 is 0 Å². The van der Waals surface area contributed by atoms with Crippen LogP contribution in [0.15, 0.2) is 0 Å². The minimum atomic E-state index is -0.391. The number of likely N-dealkylation sites (tertiary alicyclic amines) is 1. The number of amides is 1. The minimum absolute atomic E-state index is 0.131. The first-order chi connectivity index (χ1) is 10.8. The van der Waals surface area contributed by atoms with Crippen molar-refractivity contribution in [2.24, 2.45) is 11.3 Å². The number of ether oxygens (including phenoxy) is 1. The van der Waals surface area contributed by atoms with Gasteiger partial charge in [-0.3, -0.25) is 0 Å². The number of rotatable bonds is 4. The van der Waals surface area contributed by atoms with Crippen molar-refractivity contribution in [3.8, 4) is 0 Å². The molecule has 134 valence electrons. The van der Waals surface area contributed by atoms with Crippen LogP contribution in [0, 0.1) is 11.3 Å². The highest BCUT2D eigenvalue weighted by atomic mass is 16.6. The predicted molar refractivity (Wildman–Crippen MR) is 94.6 cm³/mol. The first kappa shape index (κ1) is 18.6. The van der Waals surface area contributed by atoms with Gasteiger partial charge >= 0.3 is 6.09 Å². The second-order valence-corrected chi connectivity index (χ2v) is 8.66. The summed E-state index contributed by atoms with van der Waals surface area (Å²) >= 11 is 0. The van der Waals surface area contributed by atoms with E-state index >= 15 is 0 Å². The number of carbonyl (C=O) groups excluding carboxylic acids is 1. The molecule has 1 amide bonds. The van der Waals surface area contributed by atoms with E-state index in [2.05, 4.69) is 5.32 Å². The lowest BCUT2D eigenvalue weighted by molar-refractivity contribution is 0.00111. The quantitative estimate of drug-likeness (QED) is 0.788. The van der Waals surface area contributed by atoms with Crippen LogP contribution in [0.2, 0.25) is 0 Å². The van der Waals surface area contributed by atoms with Gasteiger partial charge < -0.3 is 15.0 Å². The molecule has 4 nitrogen and oxygen atoms in total. The van der Waals surface area contributed by atoms with Gasteiger partial charge in [0.2, 0.25) is 0 Å². The summed E-state index contributed by atoms with van der Waals surface area (Å²) in [5, 5.41) is 3.25. The summed E-state index contributed by atoms with van der Waals surface area (Å²) in [6.45, 7) is 8.70. The maximum absolute atomic E-state index is 12.2. The van der Waals surface area contributed by atoms with Gasteiger partial charge in [-0.15, -0.1) is 0 Å². The van der Waals surface area contributed by atoms with Gasteiger partial charge in [0.15, 0.2) is 0 Å². The molecule has 1 aliphatic carbocycles.